The zero-order chi connectivity index (χ0) is 14.7. The molecule has 3 heteroatoms. The second-order valence-electron chi connectivity index (χ2n) is 4.82. The molecule has 106 valence electrons. The number of furan rings is 1. The average Bonchev–Trinajstić information content (AvgIpc) is 2.96. The minimum absolute atomic E-state index is 0.155. The van der Waals surface area contributed by atoms with Gasteiger partial charge in [-0.15, -0.1) is 0 Å². The van der Waals surface area contributed by atoms with Crippen molar-refractivity contribution in [1.29, 1.82) is 0 Å². The van der Waals surface area contributed by atoms with Gasteiger partial charge in [-0.1, -0.05) is 37.3 Å². The van der Waals surface area contributed by atoms with E-state index in [9.17, 15) is 4.79 Å². The Morgan fingerprint density at radius 3 is 2.67 bits per heavy atom. The highest BCUT2D eigenvalue weighted by atomic mass is 16.5. The van der Waals surface area contributed by atoms with Gasteiger partial charge in [0.05, 0.1) is 12.2 Å². The first-order chi connectivity index (χ1) is 10.3. The van der Waals surface area contributed by atoms with Gasteiger partial charge in [-0.2, -0.15) is 0 Å². The van der Waals surface area contributed by atoms with Crippen LogP contribution in [0.5, 0.6) is 5.75 Å². The molecule has 1 aromatic heterocycles. The van der Waals surface area contributed by atoms with Crippen LogP contribution in [0.2, 0.25) is 0 Å². The second kappa shape index (κ2) is 5.83. The summed E-state index contributed by atoms with van der Waals surface area (Å²) in [4.78, 5) is 12.6. The topological polar surface area (TPSA) is 39.4 Å². The van der Waals surface area contributed by atoms with Crippen LogP contribution in [0.3, 0.4) is 0 Å². The van der Waals surface area contributed by atoms with Crippen LogP contribution in [0.25, 0.3) is 11.0 Å². The third-order valence-electron chi connectivity index (χ3n) is 3.24. The van der Waals surface area contributed by atoms with Crippen molar-refractivity contribution in [3.8, 4) is 5.75 Å². The van der Waals surface area contributed by atoms with E-state index in [1.807, 2.05) is 49.4 Å². The fourth-order valence-electron chi connectivity index (χ4n) is 2.22. The molecule has 0 atom stereocenters. The Morgan fingerprint density at radius 2 is 1.86 bits per heavy atom. The van der Waals surface area contributed by atoms with Gasteiger partial charge in [0.2, 0.25) is 5.78 Å². The SMILES string of the molecule is CCCOc1ccccc1C(=O)c1cc2ccccc2o1. The summed E-state index contributed by atoms with van der Waals surface area (Å²) in [6.07, 6.45) is 0.896. The molecule has 0 saturated carbocycles. The summed E-state index contributed by atoms with van der Waals surface area (Å²) >= 11 is 0. The van der Waals surface area contributed by atoms with Gasteiger partial charge in [0, 0.05) is 5.39 Å². The Morgan fingerprint density at radius 1 is 1.10 bits per heavy atom. The quantitative estimate of drug-likeness (QED) is 0.648. The summed E-state index contributed by atoms with van der Waals surface area (Å²) in [6, 6.07) is 16.6. The largest absolute Gasteiger partial charge is 0.493 e. The second-order valence-corrected chi connectivity index (χ2v) is 4.82. The first-order valence-electron chi connectivity index (χ1n) is 7.04. The lowest BCUT2D eigenvalue weighted by Crippen LogP contribution is -2.05. The summed E-state index contributed by atoms with van der Waals surface area (Å²) in [5.74, 6) is 0.784. The Hall–Kier alpha value is -2.55. The standard InChI is InChI=1S/C18H16O3/c1-2-11-20-16-10-6-4-8-14(16)18(19)17-12-13-7-3-5-9-15(13)21-17/h3-10,12H,2,11H2,1H3. The molecule has 3 aromatic rings. The molecule has 0 unspecified atom stereocenters. The van der Waals surface area contributed by atoms with Crippen molar-refractivity contribution in [3.05, 3.63) is 65.9 Å². The molecule has 0 fully saturated rings. The van der Waals surface area contributed by atoms with Crippen molar-refractivity contribution >= 4 is 16.8 Å². The molecular formula is C18H16O3. The Kier molecular flexibility index (Phi) is 3.73. The number of ether oxygens (including phenoxy) is 1. The molecule has 21 heavy (non-hydrogen) atoms. The van der Waals surface area contributed by atoms with E-state index in [0.29, 0.717) is 29.3 Å². The monoisotopic (exact) mass is 280 g/mol. The number of fused-ring (bicyclic) bond motifs is 1. The van der Waals surface area contributed by atoms with Gasteiger partial charge >= 0.3 is 0 Å². The van der Waals surface area contributed by atoms with Crippen molar-refractivity contribution in [3.63, 3.8) is 0 Å². The zero-order valence-corrected chi connectivity index (χ0v) is 11.8. The van der Waals surface area contributed by atoms with Crippen molar-refractivity contribution in [1.82, 2.24) is 0 Å². The highest BCUT2D eigenvalue weighted by Gasteiger charge is 2.18. The van der Waals surface area contributed by atoms with Crippen molar-refractivity contribution < 1.29 is 13.9 Å². The van der Waals surface area contributed by atoms with Gasteiger partial charge in [-0.3, -0.25) is 4.79 Å². The van der Waals surface area contributed by atoms with Gasteiger partial charge in [0.1, 0.15) is 11.3 Å². The minimum atomic E-state index is -0.155. The molecule has 0 saturated heterocycles. The van der Waals surface area contributed by atoms with Crippen LogP contribution in [-0.4, -0.2) is 12.4 Å². The first-order valence-corrected chi connectivity index (χ1v) is 7.04. The summed E-state index contributed by atoms with van der Waals surface area (Å²) in [6.45, 7) is 2.62. The van der Waals surface area contributed by atoms with Crippen molar-refractivity contribution in [2.45, 2.75) is 13.3 Å². The molecule has 2 aromatic carbocycles. The van der Waals surface area contributed by atoms with E-state index in [1.165, 1.54) is 0 Å². The summed E-state index contributed by atoms with van der Waals surface area (Å²) in [5, 5.41) is 0.924. The molecule has 0 amide bonds. The lowest BCUT2D eigenvalue weighted by molar-refractivity contribution is 0.101. The molecule has 0 aliphatic carbocycles. The normalized spacial score (nSPS) is 10.7. The smallest absolute Gasteiger partial charge is 0.231 e. The third kappa shape index (κ3) is 2.68. The van der Waals surface area contributed by atoms with Crippen LogP contribution < -0.4 is 4.74 Å². The molecule has 0 spiro atoms. The highest BCUT2D eigenvalue weighted by Crippen LogP contribution is 2.25. The third-order valence-corrected chi connectivity index (χ3v) is 3.24. The number of benzene rings is 2. The Labute approximate surface area is 123 Å². The van der Waals surface area contributed by atoms with Crippen LogP contribution in [-0.2, 0) is 0 Å². The molecule has 0 aliphatic rings. The number of rotatable bonds is 5. The first kappa shape index (κ1) is 13.4. The zero-order valence-electron chi connectivity index (χ0n) is 11.8. The van der Waals surface area contributed by atoms with Crippen LogP contribution in [0.15, 0.2) is 59.0 Å². The van der Waals surface area contributed by atoms with E-state index in [0.717, 1.165) is 11.8 Å². The van der Waals surface area contributed by atoms with E-state index < -0.39 is 0 Å². The number of hydrogen-bond donors (Lipinski definition) is 0. The predicted octanol–water partition coefficient (Wildman–Crippen LogP) is 4.45. The maximum atomic E-state index is 12.6. The van der Waals surface area contributed by atoms with Crippen LogP contribution in [0.4, 0.5) is 0 Å². The van der Waals surface area contributed by atoms with Crippen molar-refractivity contribution in [2.75, 3.05) is 6.61 Å². The molecule has 3 nitrogen and oxygen atoms in total. The van der Waals surface area contributed by atoms with E-state index in [4.69, 9.17) is 9.15 Å². The van der Waals surface area contributed by atoms with Gasteiger partial charge in [0.15, 0.2) is 5.76 Å². The fourth-order valence-corrected chi connectivity index (χ4v) is 2.22. The molecular weight excluding hydrogens is 264 g/mol. The fraction of sp³-hybridized carbons (Fsp3) is 0.167. The molecule has 1 heterocycles. The molecule has 3 rings (SSSR count). The Balaban J connectivity index is 1.98. The van der Waals surface area contributed by atoms with Crippen molar-refractivity contribution in [2.24, 2.45) is 0 Å². The van der Waals surface area contributed by atoms with E-state index in [1.54, 1.807) is 12.1 Å². The van der Waals surface area contributed by atoms with Gasteiger partial charge in [0.25, 0.3) is 0 Å². The van der Waals surface area contributed by atoms with E-state index >= 15 is 0 Å². The number of para-hydroxylation sites is 2. The van der Waals surface area contributed by atoms with Crippen LogP contribution >= 0.6 is 0 Å². The minimum Gasteiger partial charge on any atom is -0.493 e. The van der Waals surface area contributed by atoms with E-state index in [2.05, 4.69) is 0 Å². The molecule has 0 aliphatic heterocycles. The number of carbonyl (C=O) groups is 1. The lowest BCUT2D eigenvalue weighted by atomic mass is 10.1. The predicted molar refractivity (Wildman–Crippen MR) is 81.9 cm³/mol. The maximum absolute atomic E-state index is 12.6. The molecule has 0 N–H and O–H groups in total. The Bertz CT molecular complexity index is 738. The molecule has 0 bridgehead atoms. The van der Waals surface area contributed by atoms with Crippen LogP contribution in [0.1, 0.15) is 29.5 Å². The summed E-state index contributed by atoms with van der Waals surface area (Å²) < 4.78 is 11.3. The summed E-state index contributed by atoms with van der Waals surface area (Å²) in [7, 11) is 0. The van der Waals surface area contributed by atoms with E-state index in [-0.39, 0.29) is 5.78 Å². The number of ketones is 1. The molecule has 0 radical (unpaired) electrons. The number of carbonyl (C=O) groups excluding carboxylic acids is 1. The van der Waals surface area contributed by atoms with Gasteiger partial charge < -0.3 is 9.15 Å². The highest BCUT2D eigenvalue weighted by molar-refractivity contribution is 6.10. The number of hydrogen-bond acceptors (Lipinski definition) is 3. The maximum Gasteiger partial charge on any atom is 0.231 e. The average molecular weight is 280 g/mol. The van der Waals surface area contributed by atoms with Crippen LogP contribution in [0, 0.1) is 0 Å². The van der Waals surface area contributed by atoms with Gasteiger partial charge in [-0.05, 0) is 30.7 Å². The van der Waals surface area contributed by atoms with Gasteiger partial charge in [-0.25, -0.2) is 0 Å². The summed E-state index contributed by atoms with van der Waals surface area (Å²) in [5.41, 5.74) is 1.25. The lowest BCUT2D eigenvalue weighted by Gasteiger charge is -2.08.